The fourth-order valence-corrected chi connectivity index (χ4v) is 3.01. The van der Waals surface area contributed by atoms with E-state index < -0.39 is 9.84 Å². The van der Waals surface area contributed by atoms with E-state index in [1.165, 1.54) is 11.8 Å². The van der Waals surface area contributed by atoms with Gasteiger partial charge in [0, 0.05) is 12.3 Å². The van der Waals surface area contributed by atoms with E-state index >= 15 is 0 Å². The van der Waals surface area contributed by atoms with Gasteiger partial charge in [0.2, 0.25) is 0 Å². The smallest absolute Gasteiger partial charge is 0.175 e. The lowest BCUT2D eigenvalue weighted by Crippen LogP contribution is -2.17. The molecular weight excluding hydrogens is 282 g/mol. The van der Waals surface area contributed by atoms with Crippen LogP contribution >= 0.6 is 0 Å². The van der Waals surface area contributed by atoms with Gasteiger partial charge in [0.1, 0.15) is 0 Å². The highest BCUT2D eigenvalue weighted by atomic mass is 32.2. The maximum atomic E-state index is 11.5. The minimum atomic E-state index is -3.13. The van der Waals surface area contributed by atoms with Crippen LogP contribution in [0.5, 0.6) is 0 Å². The Kier molecular flexibility index (Phi) is 5.15. The van der Waals surface area contributed by atoms with Crippen LogP contribution in [-0.4, -0.2) is 21.7 Å². The van der Waals surface area contributed by atoms with Gasteiger partial charge < -0.3 is 5.32 Å². The second kappa shape index (κ2) is 6.87. The fourth-order valence-electron chi connectivity index (χ4n) is 2.38. The Hall–Kier alpha value is -1.65. The minimum absolute atomic E-state index is 0.221. The largest absolute Gasteiger partial charge is 0.313 e. The second-order valence-electron chi connectivity index (χ2n) is 5.21. The summed E-state index contributed by atoms with van der Waals surface area (Å²) in [5.74, 6) is 0. The third-order valence-corrected chi connectivity index (χ3v) is 4.75. The van der Waals surface area contributed by atoms with Crippen molar-refractivity contribution in [2.45, 2.75) is 23.8 Å². The maximum Gasteiger partial charge on any atom is 0.175 e. The molecule has 4 heteroatoms. The summed E-state index contributed by atoms with van der Waals surface area (Å²) < 4.78 is 23.0. The minimum Gasteiger partial charge on any atom is -0.313 e. The number of aryl methyl sites for hydroxylation is 1. The molecule has 3 nitrogen and oxygen atoms in total. The Balaban J connectivity index is 2.07. The SMILES string of the molecule is CNC(CCc1ccccc1)c1ccc(S(C)(=O)=O)cc1. The summed E-state index contributed by atoms with van der Waals surface area (Å²) in [7, 11) is -1.20. The van der Waals surface area contributed by atoms with Crippen molar-refractivity contribution < 1.29 is 8.42 Å². The van der Waals surface area contributed by atoms with Crippen molar-refractivity contribution in [1.29, 1.82) is 0 Å². The van der Waals surface area contributed by atoms with Gasteiger partial charge in [0.05, 0.1) is 4.90 Å². The molecule has 2 rings (SSSR count). The number of hydrogen-bond acceptors (Lipinski definition) is 3. The Morgan fingerprint density at radius 1 is 1.00 bits per heavy atom. The van der Waals surface area contributed by atoms with Crippen LogP contribution in [0.2, 0.25) is 0 Å². The van der Waals surface area contributed by atoms with E-state index in [-0.39, 0.29) is 6.04 Å². The molecule has 0 spiro atoms. The van der Waals surface area contributed by atoms with Crippen molar-refractivity contribution in [3.05, 3.63) is 65.7 Å². The average molecular weight is 303 g/mol. The van der Waals surface area contributed by atoms with Crippen LogP contribution in [0, 0.1) is 0 Å². The first kappa shape index (κ1) is 15.7. The monoisotopic (exact) mass is 303 g/mol. The van der Waals surface area contributed by atoms with Crippen LogP contribution in [-0.2, 0) is 16.3 Å². The molecule has 0 aliphatic rings. The molecule has 0 saturated carbocycles. The molecule has 0 fully saturated rings. The lowest BCUT2D eigenvalue weighted by Gasteiger charge is -2.17. The summed E-state index contributed by atoms with van der Waals surface area (Å²) in [6.45, 7) is 0. The van der Waals surface area contributed by atoms with Crippen molar-refractivity contribution in [3.8, 4) is 0 Å². The summed E-state index contributed by atoms with van der Waals surface area (Å²) in [6.07, 6.45) is 3.19. The normalized spacial score (nSPS) is 13.0. The lowest BCUT2D eigenvalue weighted by molar-refractivity contribution is 0.549. The first-order chi connectivity index (χ1) is 10.0. The molecule has 2 aromatic carbocycles. The Morgan fingerprint density at radius 2 is 1.62 bits per heavy atom. The maximum absolute atomic E-state index is 11.5. The molecule has 1 unspecified atom stereocenters. The van der Waals surface area contributed by atoms with Gasteiger partial charge >= 0.3 is 0 Å². The molecule has 0 radical (unpaired) electrons. The van der Waals surface area contributed by atoms with Crippen molar-refractivity contribution in [2.75, 3.05) is 13.3 Å². The zero-order valence-electron chi connectivity index (χ0n) is 12.4. The summed E-state index contributed by atoms with van der Waals surface area (Å²) in [4.78, 5) is 0.365. The van der Waals surface area contributed by atoms with Crippen LogP contribution < -0.4 is 5.32 Å². The molecular formula is C17H21NO2S. The molecule has 2 aromatic rings. The average Bonchev–Trinajstić information content (AvgIpc) is 2.48. The summed E-state index contributed by atoms with van der Waals surface area (Å²) >= 11 is 0. The zero-order valence-corrected chi connectivity index (χ0v) is 13.2. The highest BCUT2D eigenvalue weighted by molar-refractivity contribution is 7.90. The molecule has 0 heterocycles. The van der Waals surface area contributed by atoms with Crippen molar-refractivity contribution in [2.24, 2.45) is 0 Å². The molecule has 0 saturated heterocycles. The van der Waals surface area contributed by atoms with Gasteiger partial charge in [-0.05, 0) is 43.1 Å². The third-order valence-electron chi connectivity index (χ3n) is 3.62. The zero-order chi connectivity index (χ0) is 15.3. The standard InChI is InChI=1S/C17H21NO2S/c1-18-17(13-8-14-6-4-3-5-7-14)15-9-11-16(12-10-15)21(2,19)20/h3-7,9-12,17-18H,8,13H2,1-2H3. The first-order valence-electron chi connectivity index (χ1n) is 7.02. The Labute approximate surface area is 126 Å². The lowest BCUT2D eigenvalue weighted by atomic mass is 9.99. The van der Waals surface area contributed by atoms with Gasteiger partial charge in [0.25, 0.3) is 0 Å². The number of hydrogen-bond donors (Lipinski definition) is 1. The quantitative estimate of drug-likeness (QED) is 0.892. The molecule has 0 aromatic heterocycles. The summed E-state index contributed by atoms with van der Waals surface area (Å²) in [5.41, 5.74) is 2.42. The highest BCUT2D eigenvalue weighted by Gasteiger charge is 2.11. The molecule has 1 N–H and O–H groups in total. The Morgan fingerprint density at radius 3 is 2.14 bits per heavy atom. The molecule has 0 aliphatic carbocycles. The molecule has 0 aliphatic heterocycles. The van der Waals surface area contributed by atoms with E-state index in [4.69, 9.17) is 0 Å². The third kappa shape index (κ3) is 4.41. The van der Waals surface area contributed by atoms with Crippen molar-refractivity contribution in [1.82, 2.24) is 5.32 Å². The van der Waals surface area contributed by atoms with E-state index in [0.29, 0.717) is 4.90 Å². The van der Waals surface area contributed by atoms with E-state index in [9.17, 15) is 8.42 Å². The van der Waals surface area contributed by atoms with Crippen molar-refractivity contribution in [3.63, 3.8) is 0 Å². The van der Waals surface area contributed by atoms with E-state index in [1.807, 2.05) is 37.4 Å². The van der Waals surface area contributed by atoms with Gasteiger partial charge in [-0.25, -0.2) is 8.42 Å². The second-order valence-corrected chi connectivity index (χ2v) is 7.22. The van der Waals surface area contributed by atoms with E-state index in [2.05, 4.69) is 17.4 Å². The van der Waals surface area contributed by atoms with Crippen LogP contribution in [0.1, 0.15) is 23.6 Å². The number of rotatable bonds is 6. The Bertz CT molecular complexity index is 664. The van der Waals surface area contributed by atoms with Gasteiger partial charge in [-0.2, -0.15) is 0 Å². The van der Waals surface area contributed by atoms with Gasteiger partial charge in [-0.3, -0.25) is 0 Å². The molecule has 0 amide bonds. The van der Waals surface area contributed by atoms with Gasteiger partial charge in [0.15, 0.2) is 9.84 Å². The van der Waals surface area contributed by atoms with Crippen LogP contribution in [0.15, 0.2) is 59.5 Å². The van der Waals surface area contributed by atoms with Crippen LogP contribution in [0.25, 0.3) is 0 Å². The molecule has 0 bridgehead atoms. The predicted octanol–water partition coefficient (Wildman–Crippen LogP) is 2.98. The topological polar surface area (TPSA) is 46.2 Å². The number of nitrogens with one attached hydrogen (secondary N) is 1. The summed E-state index contributed by atoms with van der Waals surface area (Å²) in [6, 6.07) is 17.7. The molecule has 1 atom stereocenters. The van der Waals surface area contributed by atoms with Crippen LogP contribution in [0.3, 0.4) is 0 Å². The van der Waals surface area contributed by atoms with E-state index in [0.717, 1.165) is 18.4 Å². The molecule has 112 valence electrons. The van der Waals surface area contributed by atoms with Crippen LogP contribution in [0.4, 0.5) is 0 Å². The number of sulfone groups is 1. The first-order valence-corrected chi connectivity index (χ1v) is 8.91. The van der Waals surface area contributed by atoms with Gasteiger partial charge in [-0.1, -0.05) is 42.5 Å². The molecule has 21 heavy (non-hydrogen) atoms. The fraction of sp³-hybridized carbons (Fsp3) is 0.294. The summed E-state index contributed by atoms with van der Waals surface area (Å²) in [5, 5.41) is 3.30. The van der Waals surface area contributed by atoms with Crippen molar-refractivity contribution >= 4 is 9.84 Å². The predicted molar refractivity (Wildman–Crippen MR) is 86.1 cm³/mol. The highest BCUT2D eigenvalue weighted by Crippen LogP contribution is 2.21. The number of benzene rings is 2. The van der Waals surface area contributed by atoms with Gasteiger partial charge in [-0.15, -0.1) is 0 Å². The van der Waals surface area contributed by atoms with E-state index in [1.54, 1.807) is 12.1 Å².